The molecule has 0 radical (unpaired) electrons. The summed E-state index contributed by atoms with van der Waals surface area (Å²) in [6, 6.07) is 14.8. The van der Waals surface area contributed by atoms with Crippen molar-refractivity contribution < 1.29 is 4.74 Å². The summed E-state index contributed by atoms with van der Waals surface area (Å²) in [7, 11) is 3.81. The summed E-state index contributed by atoms with van der Waals surface area (Å²) >= 11 is 0. The number of rotatable bonds is 6. The first-order valence-electron chi connectivity index (χ1n) is 9.45. The molecule has 4 rings (SSSR count). The molecule has 0 bridgehead atoms. The number of aromatic nitrogens is 4. The van der Waals surface area contributed by atoms with E-state index >= 15 is 0 Å². The maximum atomic E-state index is 5.08. The molecule has 0 spiro atoms. The van der Waals surface area contributed by atoms with Gasteiger partial charge in [-0.15, -0.1) is 10.2 Å². The first kappa shape index (κ1) is 17.7. The van der Waals surface area contributed by atoms with Crippen LogP contribution in [0.25, 0.3) is 22.5 Å². The molecule has 1 saturated heterocycles. The van der Waals surface area contributed by atoms with Gasteiger partial charge < -0.3 is 9.64 Å². The van der Waals surface area contributed by atoms with Gasteiger partial charge in [0.25, 0.3) is 0 Å². The average Bonchev–Trinajstić information content (AvgIpc) is 3.35. The zero-order chi connectivity index (χ0) is 18.6. The van der Waals surface area contributed by atoms with Crippen molar-refractivity contribution in [3.8, 4) is 28.4 Å². The van der Waals surface area contributed by atoms with Gasteiger partial charge in [0.1, 0.15) is 0 Å². The van der Waals surface area contributed by atoms with Crippen molar-refractivity contribution in [3.63, 3.8) is 0 Å². The number of likely N-dealkylation sites (tertiary alicyclic amines) is 1. The van der Waals surface area contributed by atoms with Crippen molar-refractivity contribution in [3.05, 3.63) is 48.7 Å². The van der Waals surface area contributed by atoms with E-state index in [1.165, 1.54) is 19.4 Å². The van der Waals surface area contributed by atoms with E-state index in [1.807, 2.05) is 24.3 Å². The van der Waals surface area contributed by atoms with E-state index in [0.29, 0.717) is 11.9 Å². The van der Waals surface area contributed by atoms with E-state index in [0.717, 1.165) is 35.5 Å². The topological polar surface area (TPSA) is 56.1 Å². The van der Waals surface area contributed by atoms with Gasteiger partial charge in [-0.25, -0.2) is 0 Å². The van der Waals surface area contributed by atoms with Crippen LogP contribution < -0.4 is 4.74 Å². The van der Waals surface area contributed by atoms with E-state index in [4.69, 9.17) is 9.84 Å². The number of ether oxygens (including phenoxy) is 1. The second-order valence-corrected chi connectivity index (χ2v) is 7.07. The zero-order valence-electron chi connectivity index (χ0n) is 15.9. The molecular weight excluding hydrogens is 338 g/mol. The number of nitrogens with zero attached hydrogens (tertiary/aromatic N) is 5. The van der Waals surface area contributed by atoms with Crippen LogP contribution in [0.3, 0.4) is 0 Å². The van der Waals surface area contributed by atoms with Crippen molar-refractivity contribution >= 4 is 0 Å². The Labute approximate surface area is 159 Å². The fraction of sp³-hybridized carbons (Fsp3) is 0.381. The summed E-state index contributed by atoms with van der Waals surface area (Å²) in [6.07, 6.45) is 5.84. The van der Waals surface area contributed by atoms with Gasteiger partial charge in [-0.1, -0.05) is 18.2 Å². The molecule has 3 aromatic rings. The summed E-state index contributed by atoms with van der Waals surface area (Å²) in [6.45, 7) is 2.18. The van der Waals surface area contributed by atoms with Gasteiger partial charge in [0.2, 0.25) is 5.88 Å². The molecule has 140 valence electrons. The first-order valence-corrected chi connectivity index (χ1v) is 9.45. The molecule has 6 heteroatoms. The van der Waals surface area contributed by atoms with Gasteiger partial charge in [-0.05, 0) is 51.1 Å². The van der Waals surface area contributed by atoms with Crippen LogP contribution in [0.2, 0.25) is 0 Å². The minimum absolute atomic E-state index is 0.515. The molecule has 2 aromatic heterocycles. The SMILES string of the molecule is COc1ccc(-c2cccc(-c3ccn(CC[C@H]4CCCN4C)n3)c2)nn1. The molecule has 1 atom stereocenters. The Morgan fingerprint density at radius 1 is 1.07 bits per heavy atom. The van der Waals surface area contributed by atoms with Gasteiger partial charge in [-0.3, -0.25) is 4.68 Å². The third-order valence-corrected chi connectivity index (χ3v) is 5.31. The van der Waals surface area contributed by atoms with Crippen LogP contribution in [0.5, 0.6) is 5.88 Å². The number of aryl methyl sites for hydroxylation is 1. The Bertz CT molecular complexity index is 890. The fourth-order valence-electron chi connectivity index (χ4n) is 3.69. The smallest absolute Gasteiger partial charge is 0.233 e. The van der Waals surface area contributed by atoms with Crippen LogP contribution in [0.1, 0.15) is 19.3 Å². The normalized spacial score (nSPS) is 17.3. The third-order valence-electron chi connectivity index (χ3n) is 5.31. The number of hydrogen-bond donors (Lipinski definition) is 0. The summed E-state index contributed by atoms with van der Waals surface area (Å²) in [4.78, 5) is 2.46. The fourth-order valence-corrected chi connectivity index (χ4v) is 3.69. The van der Waals surface area contributed by atoms with Crippen molar-refractivity contribution in [2.45, 2.75) is 31.8 Å². The molecule has 1 aliphatic heterocycles. The number of benzene rings is 1. The highest BCUT2D eigenvalue weighted by Gasteiger charge is 2.20. The van der Waals surface area contributed by atoms with Crippen molar-refractivity contribution in [1.82, 2.24) is 24.9 Å². The molecule has 0 unspecified atom stereocenters. The van der Waals surface area contributed by atoms with E-state index in [2.05, 4.69) is 51.2 Å². The Balaban J connectivity index is 1.48. The third kappa shape index (κ3) is 4.01. The Hall–Kier alpha value is -2.73. The van der Waals surface area contributed by atoms with E-state index in [1.54, 1.807) is 7.11 Å². The molecule has 1 fully saturated rings. The Kier molecular flexibility index (Phi) is 5.16. The van der Waals surface area contributed by atoms with Crippen LogP contribution >= 0.6 is 0 Å². The molecule has 1 aliphatic rings. The lowest BCUT2D eigenvalue weighted by Crippen LogP contribution is -2.26. The second kappa shape index (κ2) is 7.88. The van der Waals surface area contributed by atoms with Gasteiger partial charge >= 0.3 is 0 Å². The molecule has 0 N–H and O–H groups in total. The highest BCUT2D eigenvalue weighted by Crippen LogP contribution is 2.25. The minimum atomic E-state index is 0.515. The van der Waals surface area contributed by atoms with Gasteiger partial charge in [0.15, 0.2) is 0 Å². The van der Waals surface area contributed by atoms with Crippen molar-refractivity contribution in [2.75, 3.05) is 20.7 Å². The summed E-state index contributed by atoms with van der Waals surface area (Å²) in [5.74, 6) is 0.515. The van der Waals surface area contributed by atoms with Crippen molar-refractivity contribution in [2.24, 2.45) is 0 Å². The Morgan fingerprint density at radius 2 is 1.93 bits per heavy atom. The second-order valence-electron chi connectivity index (χ2n) is 7.07. The average molecular weight is 363 g/mol. The highest BCUT2D eigenvalue weighted by atomic mass is 16.5. The lowest BCUT2D eigenvalue weighted by molar-refractivity contribution is 0.283. The predicted molar refractivity (Wildman–Crippen MR) is 106 cm³/mol. The Morgan fingerprint density at radius 3 is 2.63 bits per heavy atom. The van der Waals surface area contributed by atoms with Crippen LogP contribution in [0.15, 0.2) is 48.7 Å². The van der Waals surface area contributed by atoms with Crippen LogP contribution in [-0.4, -0.2) is 51.6 Å². The molecule has 6 nitrogen and oxygen atoms in total. The molecule has 27 heavy (non-hydrogen) atoms. The van der Waals surface area contributed by atoms with Gasteiger partial charge in [0.05, 0.1) is 18.5 Å². The molecule has 3 heterocycles. The van der Waals surface area contributed by atoms with E-state index in [9.17, 15) is 0 Å². The van der Waals surface area contributed by atoms with Crippen LogP contribution in [0, 0.1) is 0 Å². The monoisotopic (exact) mass is 363 g/mol. The molecule has 0 saturated carbocycles. The van der Waals surface area contributed by atoms with E-state index in [-0.39, 0.29) is 0 Å². The molecule has 0 aliphatic carbocycles. The number of methoxy groups -OCH3 is 1. The maximum Gasteiger partial charge on any atom is 0.233 e. The van der Waals surface area contributed by atoms with Crippen LogP contribution in [0.4, 0.5) is 0 Å². The standard InChI is InChI=1S/C21H25N5O/c1-25-12-4-7-18(25)10-13-26-14-11-20(24-26)17-6-3-5-16(15-17)19-8-9-21(27-2)23-22-19/h3,5-6,8-9,11,14-15,18H,4,7,10,12-13H2,1-2H3/t18-/m1/s1. The zero-order valence-corrected chi connectivity index (χ0v) is 15.9. The summed E-state index contributed by atoms with van der Waals surface area (Å²) in [5, 5.41) is 13.1. The van der Waals surface area contributed by atoms with Gasteiger partial charge in [-0.2, -0.15) is 5.10 Å². The lowest BCUT2D eigenvalue weighted by atomic mass is 10.1. The highest BCUT2D eigenvalue weighted by molar-refractivity contribution is 5.69. The molecular formula is C21H25N5O. The largest absolute Gasteiger partial charge is 0.480 e. The molecule has 0 amide bonds. The quantitative estimate of drug-likeness (QED) is 0.671. The minimum Gasteiger partial charge on any atom is -0.480 e. The maximum absolute atomic E-state index is 5.08. The van der Waals surface area contributed by atoms with Crippen LogP contribution in [-0.2, 0) is 6.54 Å². The van der Waals surface area contributed by atoms with Gasteiger partial charge in [0, 0.05) is 36.0 Å². The molecule has 1 aromatic carbocycles. The lowest BCUT2D eigenvalue weighted by Gasteiger charge is -2.18. The van der Waals surface area contributed by atoms with Crippen molar-refractivity contribution in [1.29, 1.82) is 0 Å². The number of hydrogen-bond acceptors (Lipinski definition) is 5. The summed E-state index contributed by atoms with van der Waals surface area (Å²) in [5.41, 5.74) is 3.91. The van der Waals surface area contributed by atoms with E-state index < -0.39 is 0 Å². The first-order chi connectivity index (χ1) is 13.2. The summed E-state index contributed by atoms with van der Waals surface area (Å²) < 4.78 is 7.13. The predicted octanol–water partition coefficient (Wildman–Crippen LogP) is 3.50.